The summed E-state index contributed by atoms with van der Waals surface area (Å²) in [6, 6.07) is 11.9. The number of rotatable bonds is 4. The lowest BCUT2D eigenvalue weighted by Gasteiger charge is -2.34. The van der Waals surface area contributed by atoms with Crippen LogP contribution in [0.2, 0.25) is 0 Å². The van der Waals surface area contributed by atoms with Crippen LogP contribution in [-0.4, -0.2) is 27.6 Å². The monoisotopic (exact) mass is 496 g/mol. The van der Waals surface area contributed by atoms with E-state index in [0.29, 0.717) is 42.7 Å². The minimum absolute atomic E-state index is 0.0129. The van der Waals surface area contributed by atoms with Gasteiger partial charge < -0.3 is 4.90 Å². The van der Waals surface area contributed by atoms with Gasteiger partial charge in [-0.05, 0) is 55.0 Å². The number of hydrogen-bond acceptors (Lipinski definition) is 4. The number of aryl methyl sites for hydroxylation is 1. The van der Waals surface area contributed by atoms with Gasteiger partial charge in [-0.15, -0.1) is 0 Å². The largest absolute Gasteiger partial charge is 0.416 e. The molecule has 0 saturated carbocycles. The Labute approximate surface area is 205 Å². The molecule has 186 valence electrons. The fraction of sp³-hybridized carbons (Fsp3) is 0.296. The van der Waals surface area contributed by atoms with Crippen molar-refractivity contribution in [1.29, 1.82) is 0 Å². The molecular weight excluding hydrogens is 472 g/mol. The molecule has 2 aromatic carbocycles. The second kappa shape index (κ2) is 9.37. The summed E-state index contributed by atoms with van der Waals surface area (Å²) < 4.78 is 56.6. The molecular formula is C27H24F4N4O. The van der Waals surface area contributed by atoms with Crippen LogP contribution >= 0.6 is 0 Å². The number of benzene rings is 2. The molecule has 0 unspecified atom stereocenters. The number of aromatic nitrogens is 3. The van der Waals surface area contributed by atoms with Crippen molar-refractivity contribution in [3.05, 3.63) is 99.3 Å². The van der Waals surface area contributed by atoms with Gasteiger partial charge in [0.15, 0.2) is 5.65 Å². The van der Waals surface area contributed by atoms with Gasteiger partial charge in [-0.25, -0.2) is 9.37 Å². The maximum Gasteiger partial charge on any atom is 0.416 e. The first-order valence-corrected chi connectivity index (χ1v) is 11.7. The molecule has 0 amide bonds. The number of para-hydroxylation sites is 1. The Morgan fingerprint density at radius 2 is 1.72 bits per heavy atom. The molecule has 1 saturated heterocycles. The van der Waals surface area contributed by atoms with Crippen LogP contribution < -0.4 is 10.5 Å². The maximum atomic E-state index is 14.5. The van der Waals surface area contributed by atoms with E-state index in [1.807, 2.05) is 17.9 Å². The van der Waals surface area contributed by atoms with Gasteiger partial charge in [0.25, 0.3) is 5.56 Å². The van der Waals surface area contributed by atoms with Crippen LogP contribution in [0.5, 0.6) is 0 Å². The Hall–Kier alpha value is -3.75. The van der Waals surface area contributed by atoms with Crippen LogP contribution in [0.15, 0.2) is 65.7 Å². The predicted molar refractivity (Wildman–Crippen MR) is 130 cm³/mol. The summed E-state index contributed by atoms with van der Waals surface area (Å²) >= 11 is 0. The van der Waals surface area contributed by atoms with Crippen molar-refractivity contribution < 1.29 is 17.6 Å². The van der Waals surface area contributed by atoms with Gasteiger partial charge in [0.1, 0.15) is 11.3 Å². The molecule has 1 aliphatic heterocycles. The smallest absolute Gasteiger partial charge is 0.369 e. The fourth-order valence-corrected chi connectivity index (χ4v) is 5.09. The highest BCUT2D eigenvalue weighted by Gasteiger charge is 2.33. The van der Waals surface area contributed by atoms with Gasteiger partial charge in [-0.2, -0.15) is 13.2 Å². The standard InChI is InChI=1S/C27H24F4N4O/c1-17-5-4-8-22(28)24(17)34-13-9-18(10-14-34)20-15-23-25(33-12-11-32-23)35(26(20)36)16-19-6-2-3-7-21(19)27(29,30)31/h2-8,11-12,15,18H,9-10,13-14,16H2,1H3. The fourth-order valence-electron chi connectivity index (χ4n) is 5.09. The molecule has 0 aliphatic carbocycles. The van der Waals surface area contributed by atoms with Crippen LogP contribution in [0, 0.1) is 12.7 Å². The number of pyridine rings is 1. The van der Waals surface area contributed by atoms with Crippen molar-refractivity contribution >= 4 is 16.9 Å². The molecule has 3 heterocycles. The van der Waals surface area contributed by atoms with Crippen molar-refractivity contribution in [2.75, 3.05) is 18.0 Å². The number of fused-ring (bicyclic) bond motifs is 1. The second-order valence-electron chi connectivity index (χ2n) is 9.08. The molecule has 0 radical (unpaired) electrons. The first kappa shape index (κ1) is 24.0. The topological polar surface area (TPSA) is 51.0 Å². The van der Waals surface area contributed by atoms with E-state index in [-0.39, 0.29) is 35.0 Å². The zero-order valence-electron chi connectivity index (χ0n) is 19.6. The van der Waals surface area contributed by atoms with Gasteiger partial charge in [0, 0.05) is 31.0 Å². The number of alkyl halides is 3. The van der Waals surface area contributed by atoms with Gasteiger partial charge in [-0.1, -0.05) is 30.3 Å². The van der Waals surface area contributed by atoms with Gasteiger partial charge in [0.2, 0.25) is 0 Å². The third-order valence-corrected chi connectivity index (χ3v) is 6.84. The molecule has 1 aliphatic rings. The normalized spacial score (nSPS) is 15.0. The second-order valence-corrected chi connectivity index (χ2v) is 9.08. The van der Waals surface area contributed by atoms with Crippen molar-refractivity contribution in [2.24, 2.45) is 0 Å². The molecule has 5 rings (SSSR count). The zero-order chi connectivity index (χ0) is 25.4. The molecule has 0 N–H and O–H groups in total. The summed E-state index contributed by atoms with van der Waals surface area (Å²) in [5, 5.41) is 0. The van der Waals surface area contributed by atoms with E-state index in [0.717, 1.165) is 11.6 Å². The van der Waals surface area contributed by atoms with E-state index in [1.54, 1.807) is 12.1 Å². The third kappa shape index (κ3) is 4.45. The number of piperidine rings is 1. The third-order valence-electron chi connectivity index (χ3n) is 6.84. The van der Waals surface area contributed by atoms with Crippen molar-refractivity contribution in [3.8, 4) is 0 Å². The average molecular weight is 497 g/mol. The van der Waals surface area contributed by atoms with Crippen molar-refractivity contribution in [2.45, 2.75) is 38.4 Å². The van der Waals surface area contributed by atoms with Gasteiger partial charge in [-0.3, -0.25) is 14.3 Å². The summed E-state index contributed by atoms with van der Waals surface area (Å²) in [6.45, 7) is 2.71. The maximum absolute atomic E-state index is 14.5. The number of halogens is 4. The molecule has 0 spiro atoms. The predicted octanol–water partition coefficient (Wildman–Crippen LogP) is 5.69. The van der Waals surface area contributed by atoms with Crippen LogP contribution in [0.3, 0.4) is 0 Å². The summed E-state index contributed by atoms with van der Waals surface area (Å²) in [7, 11) is 0. The lowest BCUT2D eigenvalue weighted by molar-refractivity contribution is -0.138. The van der Waals surface area contributed by atoms with Crippen molar-refractivity contribution in [3.63, 3.8) is 0 Å². The highest BCUT2D eigenvalue weighted by Crippen LogP contribution is 2.34. The Bertz CT molecular complexity index is 1450. The SMILES string of the molecule is Cc1cccc(F)c1N1CCC(c2cc3nccnc3n(Cc3ccccc3C(F)(F)F)c2=O)CC1. The average Bonchev–Trinajstić information content (AvgIpc) is 2.86. The minimum atomic E-state index is -4.54. The Balaban J connectivity index is 1.51. The summed E-state index contributed by atoms with van der Waals surface area (Å²) in [5.41, 5.74) is 1.43. The van der Waals surface area contributed by atoms with E-state index in [1.165, 1.54) is 41.2 Å². The quantitative estimate of drug-likeness (QED) is 0.341. The lowest BCUT2D eigenvalue weighted by Crippen LogP contribution is -2.36. The highest BCUT2D eigenvalue weighted by molar-refractivity contribution is 5.71. The van der Waals surface area contributed by atoms with Crippen LogP contribution in [0.1, 0.15) is 41.0 Å². The first-order valence-electron chi connectivity index (χ1n) is 11.7. The zero-order valence-corrected chi connectivity index (χ0v) is 19.6. The Morgan fingerprint density at radius 1 is 1.00 bits per heavy atom. The van der Waals surface area contributed by atoms with E-state index in [4.69, 9.17) is 0 Å². The van der Waals surface area contributed by atoms with E-state index < -0.39 is 11.7 Å². The highest BCUT2D eigenvalue weighted by atomic mass is 19.4. The number of anilines is 1. The van der Waals surface area contributed by atoms with Crippen LogP contribution in [0.4, 0.5) is 23.2 Å². The van der Waals surface area contributed by atoms with E-state index in [2.05, 4.69) is 9.97 Å². The lowest BCUT2D eigenvalue weighted by atomic mass is 9.89. The summed E-state index contributed by atoms with van der Waals surface area (Å²) in [6.07, 6.45) is -0.421. The van der Waals surface area contributed by atoms with E-state index >= 15 is 0 Å². The summed E-state index contributed by atoms with van der Waals surface area (Å²) in [5.74, 6) is -0.406. The van der Waals surface area contributed by atoms with E-state index in [9.17, 15) is 22.4 Å². The van der Waals surface area contributed by atoms with Gasteiger partial charge >= 0.3 is 6.18 Å². The molecule has 9 heteroatoms. The number of hydrogen-bond donors (Lipinski definition) is 0. The molecule has 2 aromatic heterocycles. The summed E-state index contributed by atoms with van der Waals surface area (Å²) in [4.78, 5) is 24.2. The minimum Gasteiger partial charge on any atom is -0.369 e. The molecule has 36 heavy (non-hydrogen) atoms. The Kier molecular flexibility index (Phi) is 6.24. The first-order chi connectivity index (χ1) is 17.2. The molecule has 0 atom stereocenters. The molecule has 4 aromatic rings. The molecule has 5 nitrogen and oxygen atoms in total. The van der Waals surface area contributed by atoms with Gasteiger partial charge in [0.05, 0.1) is 17.8 Å². The van der Waals surface area contributed by atoms with Crippen LogP contribution in [0.25, 0.3) is 11.2 Å². The van der Waals surface area contributed by atoms with Crippen molar-refractivity contribution in [1.82, 2.24) is 14.5 Å². The van der Waals surface area contributed by atoms with Crippen LogP contribution in [-0.2, 0) is 12.7 Å². The Morgan fingerprint density at radius 3 is 2.44 bits per heavy atom. The molecule has 0 bridgehead atoms. The molecule has 1 fully saturated rings. The number of nitrogens with zero attached hydrogens (tertiary/aromatic N) is 4.